The molecule has 3 fully saturated rings. The molecule has 2 radical (unpaired) electrons. The van der Waals surface area contributed by atoms with Crippen molar-refractivity contribution in [3.05, 3.63) is 31.2 Å². The number of fused-ring (bicyclic) bond motifs is 4. The summed E-state index contributed by atoms with van der Waals surface area (Å²) in [4.78, 5) is 31.8. The fourth-order valence-corrected chi connectivity index (χ4v) is 9.16. The lowest BCUT2D eigenvalue weighted by Gasteiger charge is -2.30. The third kappa shape index (κ3) is 5.22. The maximum Gasteiger partial charge on any atom is 0.202 e. The van der Waals surface area contributed by atoms with E-state index in [0.29, 0.717) is 11.2 Å². The zero-order chi connectivity index (χ0) is 31.0. The lowest BCUT2D eigenvalue weighted by molar-refractivity contribution is -0.0250. The summed E-state index contributed by atoms with van der Waals surface area (Å²) in [5, 5.41) is 0. The van der Waals surface area contributed by atoms with Gasteiger partial charge in [-0.05, 0) is 30.7 Å². The van der Waals surface area contributed by atoms with Gasteiger partial charge in [-0.3, -0.25) is 9.13 Å². The van der Waals surface area contributed by atoms with E-state index in [4.69, 9.17) is 49.4 Å². The van der Waals surface area contributed by atoms with E-state index in [-0.39, 0.29) is 47.8 Å². The second kappa shape index (κ2) is 11.0. The van der Waals surface area contributed by atoms with E-state index in [1.165, 1.54) is 34.3 Å². The first-order valence-corrected chi connectivity index (χ1v) is 18.3. The minimum Gasteiger partial charge on any atom is -0.397 e. The largest absolute Gasteiger partial charge is 0.397 e. The average molecular weight is 667 g/mol. The van der Waals surface area contributed by atoms with Crippen LogP contribution < -0.4 is 11.5 Å². The second-order valence-electron chi connectivity index (χ2n) is 10.9. The Labute approximate surface area is 254 Å². The van der Waals surface area contributed by atoms with Crippen LogP contribution >= 0.6 is 13.7 Å². The van der Waals surface area contributed by atoms with E-state index in [1.807, 2.05) is 0 Å². The molecule has 232 valence electrons. The predicted octanol–water partition coefficient (Wildman–Crippen LogP) is 2.13. The van der Waals surface area contributed by atoms with Crippen molar-refractivity contribution in [3.63, 3.8) is 0 Å². The Bertz CT molecular complexity index is 1710. The van der Waals surface area contributed by atoms with Crippen LogP contribution in [0.5, 0.6) is 0 Å². The topological polar surface area (TPSA) is 201 Å². The van der Waals surface area contributed by atoms with Crippen LogP contribution in [0.3, 0.4) is 0 Å². The number of halogens is 2. The SMILES string of the molecule is [B]P1(=O)CC[C@H]2O[C@@H](n3cnc4c(N)ccnc43)[C@@H](F)C2OP(O)(=S)CC[C@H]2O[C@@H](n3cnc4c(N)ncnc43)C(F)[C@H]2O1. The van der Waals surface area contributed by atoms with Gasteiger partial charge in [-0.1, -0.05) is 0 Å². The second-order valence-corrected chi connectivity index (χ2v) is 16.6. The Morgan fingerprint density at radius 2 is 1.50 bits per heavy atom. The monoisotopic (exact) mass is 667 g/mol. The summed E-state index contributed by atoms with van der Waals surface area (Å²) in [5.41, 5.74) is 13.3. The summed E-state index contributed by atoms with van der Waals surface area (Å²) >= 11 is 5.41. The van der Waals surface area contributed by atoms with Gasteiger partial charge in [0, 0.05) is 18.5 Å². The number of nitrogens with zero attached hydrogens (tertiary/aromatic N) is 7. The van der Waals surface area contributed by atoms with Crippen molar-refractivity contribution < 1.29 is 36.8 Å². The molecule has 4 unspecified atom stereocenters. The number of hydrogen-bond donors (Lipinski definition) is 3. The molecule has 44 heavy (non-hydrogen) atoms. The first kappa shape index (κ1) is 30.1. The Hall–Kier alpha value is -2.63. The van der Waals surface area contributed by atoms with Crippen LogP contribution in [0.4, 0.5) is 20.3 Å². The van der Waals surface area contributed by atoms with E-state index in [9.17, 15) is 9.46 Å². The molecular weight excluding hydrogens is 641 g/mol. The number of anilines is 2. The van der Waals surface area contributed by atoms with Crippen molar-refractivity contribution in [3.8, 4) is 0 Å². The van der Waals surface area contributed by atoms with E-state index in [0.717, 1.165) is 0 Å². The average Bonchev–Trinajstić information content (AvgIpc) is 3.73. The van der Waals surface area contributed by atoms with Crippen molar-refractivity contribution >= 4 is 66.9 Å². The van der Waals surface area contributed by atoms with Gasteiger partial charge in [0.25, 0.3) is 0 Å². The molecule has 0 spiro atoms. The third-order valence-electron chi connectivity index (χ3n) is 7.97. The number of rotatable bonds is 2. The molecule has 3 aliphatic rings. The molecule has 0 aliphatic carbocycles. The van der Waals surface area contributed by atoms with Crippen LogP contribution in [0, 0.1) is 0 Å². The van der Waals surface area contributed by atoms with Crippen LogP contribution in [0.1, 0.15) is 25.3 Å². The lowest BCUT2D eigenvalue weighted by atomic mass is 10.1. The number of nitrogens with two attached hydrogens (primary N) is 2. The summed E-state index contributed by atoms with van der Waals surface area (Å²) in [6, 6.07) is 1.56. The molecule has 0 bridgehead atoms. The van der Waals surface area contributed by atoms with Crippen molar-refractivity contribution in [2.24, 2.45) is 0 Å². The zero-order valence-corrected chi connectivity index (χ0v) is 25.3. The summed E-state index contributed by atoms with van der Waals surface area (Å²) in [5.74, 6) is 0.0947. The molecule has 15 nitrogen and oxygen atoms in total. The summed E-state index contributed by atoms with van der Waals surface area (Å²) in [7, 11) is 2.10. The van der Waals surface area contributed by atoms with Crippen molar-refractivity contribution in [2.75, 3.05) is 23.8 Å². The highest BCUT2D eigenvalue weighted by molar-refractivity contribution is 8.09. The van der Waals surface area contributed by atoms with Gasteiger partial charge in [0.05, 0.1) is 30.5 Å². The number of pyridine rings is 1. The summed E-state index contributed by atoms with van der Waals surface area (Å²) in [6.45, 7) is -3.69. The molecule has 21 heteroatoms. The Kier molecular flexibility index (Phi) is 7.53. The fourth-order valence-electron chi connectivity index (χ4n) is 5.85. The van der Waals surface area contributed by atoms with Crippen molar-refractivity contribution in [1.82, 2.24) is 34.1 Å². The minimum absolute atomic E-state index is 0.0763. The maximum absolute atomic E-state index is 16.1. The predicted molar refractivity (Wildman–Crippen MR) is 158 cm³/mol. The number of nitrogen functional groups attached to an aromatic ring is 2. The number of ether oxygens (including phenoxy) is 2. The van der Waals surface area contributed by atoms with Gasteiger partial charge in [0.1, 0.15) is 36.8 Å². The number of aromatic nitrogens is 7. The van der Waals surface area contributed by atoms with E-state index < -0.39 is 63.0 Å². The van der Waals surface area contributed by atoms with Gasteiger partial charge in [0.2, 0.25) is 7.57 Å². The normalized spacial score (nSPS) is 38.2. The smallest absolute Gasteiger partial charge is 0.202 e. The van der Waals surface area contributed by atoms with Crippen LogP contribution in [0.25, 0.3) is 22.3 Å². The third-order valence-corrected chi connectivity index (χ3v) is 11.7. The van der Waals surface area contributed by atoms with Gasteiger partial charge < -0.3 is 39.4 Å². The Balaban J connectivity index is 1.17. The van der Waals surface area contributed by atoms with E-state index in [1.54, 1.807) is 6.07 Å². The molecule has 0 saturated carbocycles. The van der Waals surface area contributed by atoms with E-state index >= 15 is 8.78 Å². The van der Waals surface area contributed by atoms with Gasteiger partial charge >= 0.3 is 0 Å². The van der Waals surface area contributed by atoms with Gasteiger partial charge in [-0.2, -0.15) is 0 Å². The highest BCUT2D eigenvalue weighted by Crippen LogP contribution is 2.55. The molecule has 5 N–H and O–H groups in total. The van der Waals surface area contributed by atoms with Crippen LogP contribution in [0.2, 0.25) is 0 Å². The zero-order valence-electron chi connectivity index (χ0n) is 22.7. The highest BCUT2D eigenvalue weighted by atomic mass is 32.5. The molecule has 7 heterocycles. The molecule has 0 aromatic carbocycles. The molecule has 3 saturated heterocycles. The standard InChI is InChI=1S/C23H26BF2N9O6P2S/c24-42(36)5-2-11-18(14(26)23(38-11)34-8-32-15-10(27)1-4-29-20(15)34)41-43(37,44)6-3-12-17(40-42)13(25)22(39-12)35-9-33-16-19(28)30-7-31-21(16)35/h1,4,7-9,11-14,17-18,22-23H,2-3,5-6H2,(H2,27,29)(H,37,44)(H2,28,30,31)/t11-,12-,13?,14+,17+,18?,22-,23-,42?,43?/m1/s1. The fraction of sp³-hybridized carbons (Fsp3) is 0.522. The number of imidazole rings is 2. The van der Waals surface area contributed by atoms with Crippen LogP contribution in [-0.4, -0.2) is 95.6 Å². The lowest BCUT2D eigenvalue weighted by Crippen LogP contribution is -2.35. The number of alkyl halides is 2. The molecule has 4 aromatic heterocycles. The molecule has 0 amide bonds. The first-order chi connectivity index (χ1) is 20.9. The molecule has 7 rings (SSSR count). The highest BCUT2D eigenvalue weighted by Gasteiger charge is 2.52. The molecule has 10 atom stereocenters. The summed E-state index contributed by atoms with van der Waals surface area (Å²) < 4.78 is 72.0. The Morgan fingerprint density at radius 3 is 2.18 bits per heavy atom. The maximum atomic E-state index is 16.1. The summed E-state index contributed by atoms with van der Waals surface area (Å²) in [6.07, 6.45) is -6.58. The van der Waals surface area contributed by atoms with Gasteiger partial charge in [-0.25, -0.2) is 33.7 Å². The van der Waals surface area contributed by atoms with Gasteiger partial charge in [0.15, 0.2) is 48.4 Å². The first-order valence-electron chi connectivity index (χ1n) is 13.6. The quantitative estimate of drug-likeness (QED) is 0.207. The van der Waals surface area contributed by atoms with Crippen molar-refractivity contribution in [1.29, 1.82) is 0 Å². The van der Waals surface area contributed by atoms with Crippen molar-refractivity contribution in [2.45, 2.75) is 62.1 Å². The Morgan fingerprint density at radius 1 is 0.909 bits per heavy atom. The van der Waals surface area contributed by atoms with Gasteiger partial charge in [-0.15, -0.1) is 0 Å². The number of hydrogen-bond acceptors (Lipinski definition) is 13. The van der Waals surface area contributed by atoms with E-state index in [2.05, 4.69) is 24.9 Å². The van der Waals surface area contributed by atoms with Crippen LogP contribution in [0.15, 0.2) is 31.2 Å². The molecule has 4 aromatic rings. The molecular formula is C23H26BF2N9O6P2S. The minimum atomic E-state index is -4.01. The van der Waals surface area contributed by atoms with Crippen LogP contribution in [-0.2, 0) is 34.9 Å². The molecule has 3 aliphatic heterocycles.